The van der Waals surface area contributed by atoms with Gasteiger partial charge in [0, 0.05) is 83.5 Å². The average molecular weight is 1010 g/mol. The maximum Gasteiger partial charge on any atom is 0.326 e. The zero-order valence-corrected chi connectivity index (χ0v) is 40.0. The minimum atomic E-state index is -1.50. The molecule has 3 atom stereocenters. The summed E-state index contributed by atoms with van der Waals surface area (Å²) in [5, 5.41) is 79.7. The summed E-state index contributed by atoms with van der Waals surface area (Å²) in [5.74, 6) is -8.52. The van der Waals surface area contributed by atoms with Gasteiger partial charge in [-0.3, -0.25) is 48.4 Å². The lowest BCUT2D eigenvalue weighted by atomic mass is 10.0. The van der Waals surface area contributed by atoms with Crippen molar-refractivity contribution in [3.63, 3.8) is 0 Å². The van der Waals surface area contributed by atoms with Crippen LogP contribution in [0.4, 0.5) is 10.5 Å². The van der Waals surface area contributed by atoms with Crippen molar-refractivity contribution in [3.05, 3.63) is 29.8 Å². The normalized spacial score (nSPS) is 16.3. The zero-order valence-electron chi connectivity index (χ0n) is 39.2. The number of anilines is 1. The highest BCUT2D eigenvalue weighted by Crippen LogP contribution is 2.16. The summed E-state index contributed by atoms with van der Waals surface area (Å²) in [6, 6.07) is 2.97. The number of rotatable bonds is 31. The fourth-order valence-corrected chi connectivity index (χ4v) is 7.82. The van der Waals surface area contributed by atoms with E-state index in [9.17, 15) is 73.8 Å². The van der Waals surface area contributed by atoms with Crippen LogP contribution in [0.2, 0.25) is 0 Å². The van der Waals surface area contributed by atoms with Crippen LogP contribution in [0.3, 0.4) is 0 Å². The molecule has 3 amide bonds. The lowest BCUT2D eigenvalue weighted by Crippen LogP contribution is -2.53. The quantitative estimate of drug-likeness (QED) is 0.0348. The summed E-state index contributed by atoms with van der Waals surface area (Å²) < 4.78 is 0. The van der Waals surface area contributed by atoms with Crippen LogP contribution in [0.15, 0.2) is 24.3 Å². The Balaban J connectivity index is 1.78. The third-order valence-corrected chi connectivity index (χ3v) is 11.5. The van der Waals surface area contributed by atoms with Crippen molar-refractivity contribution in [2.24, 2.45) is 0 Å². The van der Waals surface area contributed by atoms with Gasteiger partial charge in [0.05, 0.1) is 26.2 Å². The van der Waals surface area contributed by atoms with Gasteiger partial charge >= 0.3 is 47.8 Å². The molecule has 0 aromatic heterocycles. The van der Waals surface area contributed by atoms with Crippen molar-refractivity contribution in [1.82, 2.24) is 40.9 Å². The molecule has 26 heteroatoms. The zero-order chi connectivity index (χ0) is 52.0. The van der Waals surface area contributed by atoms with E-state index in [-0.39, 0.29) is 90.7 Å². The van der Waals surface area contributed by atoms with Crippen LogP contribution in [0.25, 0.3) is 0 Å². The molecule has 0 aliphatic carbocycles. The van der Waals surface area contributed by atoms with E-state index >= 15 is 0 Å². The molecule has 1 aromatic rings. The van der Waals surface area contributed by atoms with Crippen molar-refractivity contribution < 1.29 is 78.9 Å². The Morgan fingerprint density at radius 3 is 1.59 bits per heavy atom. The van der Waals surface area contributed by atoms with Crippen LogP contribution in [0.1, 0.15) is 76.2 Å². The van der Waals surface area contributed by atoms with E-state index < -0.39 is 72.4 Å². The molecule has 0 bridgehead atoms. The number of carboxylic acid groups (broad SMARTS) is 7. The van der Waals surface area contributed by atoms with Crippen LogP contribution < -0.4 is 26.6 Å². The molecule has 12 N–H and O–H groups in total. The standard InChI is InChI=1S/C44H69N9O16S/c54-35(45-16-7-5-8-33(41(65)66)48-43(69)49-34(42(67)68)14-15-36(55)56)9-4-2-1-3-6-17-46-44(70)47-31-12-10-30(11-13-31)24-32-25-52(28-39(61)62)21-20-50(26-37(57)58)18-19-51(27-38(59)60)22-23-53(32)29-40(63)64/h10-13,32-34H,1-9,14-29H2,(H,45,54)(H,55,56)(H,57,58)(H,59,60)(H,61,62)(H,63,64)(H,65,66)(H,67,68)(H2,46,47,70)(H2,48,49,69). The number of amides is 3. The van der Waals surface area contributed by atoms with E-state index in [4.69, 9.17) is 17.3 Å². The van der Waals surface area contributed by atoms with E-state index in [1.54, 1.807) is 19.6 Å². The first-order chi connectivity index (χ1) is 33.2. The molecule has 70 heavy (non-hydrogen) atoms. The summed E-state index contributed by atoms with van der Waals surface area (Å²) in [6.45, 7) is 0.867. The van der Waals surface area contributed by atoms with Gasteiger partial charge in [-0.25, -0.2) is 14.4 Å². The number of aliphatic carboxylic acids is 7. The predicted octanol–water partition coefficient (Wildman–Crippen LogP) is 0.142. The lowest BCUT2D eigenvalue weighted by molar-refractivity contribution is -0.142. The van der Waals surface area contributed by atoms with E-state index in [2.05, 4.69) is 26.6 Å². The van der Waals surface area contributed by atoms with Crippen LogP contribution in [0, 0.1) is 0 Å². The SMILES string of the molecule is O=C(O)CCC(NC(=O)NC(CCCCNC(=O)CCCCCCCNC(=S)Nc1ccc(CC2CN(CC(=O)O)CCN(CC(=O)O)CCN(CC(=O)O)CCN2CC(=O)O)cc1)C(=O)O)C(=O)O. The van der Waals surface area contributed by atoms with Gasteiger partial charge in [-0.05, 0) is 74.9 Å². The smallest absolute Gasteiger partial charge is 0.326 e. The number of carbonyl (C=O) groups is 9. The first-order valence-corrected chi connectivity index (χ1v) is 23.5. The van der Waals surface area contributed by atoms with Crippen LogP contribution in [-0.2, 0) is 44.8 Å². The Labute approximate surface area is 410 Å². The first kappa shape index (κ1) is 59.9. The highest BCUT2D eigenvalue weighted by atomic mass is 32.1. The first-order valence-electron chi connectivity index (χ1n) is 23.1. The number of unbranched alkanes of at least 4 members (excludes halogenated alkanes) is 5. The van der Waals surface area contributed by atoms with Gasteiger partial charge in [-0.15, -0.1) is 0 Å². The molecule has 1 aliphatic rings. The molecular weight excluding hydrogens is 943 g/mol. The number of hydrogen-bond acceptors (Lipinski definition) is 14. The molecule has 2 rings (SSSR count). The number of thiocarbonyl (C=S) groups is 1. The Hall–Kier alpha value is -6.22. The number of nitrogens with one attached hydrogen (secondary N) is 5. The van der Waals surface area contributed by atoms with Crippen molar-refractivity contribution in [1.29, 1.82) is 0 Å². The van der Waals surface area contributed by atoms with Gasteiger partial charge in [-0.2, -0.15) is 0 Å². The number of nitrogens with zero attached hydrogens (tertiary/aromatic N) is 4. The van der Waals surface area contributed by atoms with E-state index in [0.29, 0.717) is 56.0 Å². The number of urea groups is 1. The maximum absolute atomic E-state index is 12.3. The second kappa shape index (κ2) is 33.3. The van der Waals surface area contributed by atoms with Gasteiger partial charge in [-0.1, -0.05) is 31.4 Å². The fourth-order valence-electron chi connectivity index (χ4n) is 7.60. The molecular formula is C44H69N9O16S. The highest BCUT2D eigenvalue weighted by Gasteiger charge is 2.28. The Bertz CT molecular complexity index is 1900. The monoisotopic (exact) mass is 1010 g/mol. The van der Waals surface area contributed by atoms with Gasteiger partial charge < -0.3 is 62.3 Å². The van der Waals surface area contributed by atoms with Gasteiger partial charge in [0.1, 0.15) is 12.1 Å². The van der Waals surface area contributed by atoms with Crippen LogP contribution in [-0.4, -0.2) is 217 Å². The molecule has 1 aromatic carbocycles. The van der Waals surface area contributed by atoms with Crippen molar-refractivity contribution in [2.75, 3.05) is 90.4 Å². The van der Waals surface area contributed by atoms with Crippen molar-refractivity contribution in [2.45, 2.75) is 95.2 Å². The Morgan fingerprint density at radius 2 is 1.03 bits per heavy atom. The third-order valence-electron chi connectivity index (χ3n) is 11.2. The predicted molar refractivity (Wildman–Crippen MR) is 256 cm³/mol. The van der Waals surface area contributed by atoms with Gasteiger partial charge in [0.2, 0.25) is 5.91 Å². The molecule has 1 heterocycles. The van der Waals surface area contributed by atoms with Gasteiger partial charge in [0.15, 0.2) is 5.11 Å². The topological polar surface area (TPSA) is 368 Å². The number of benzene rings is 1. The molecule has 1 saturated heterocycles. The summed E-state index contributed by atoms with van der Waals surface area (Å²) >= 11 is 5.48. The second-order valence-corrected chi connectivity index (χ2v) is 17.4. The second-order valence-electron chi connectivity index (χ2n) is 17.0. The molecule has 3 unspecified atom stereocenters. The van der Waals surface area contributed by atoms with Gasteiger partial charge in [0.25, 0.3) is 0 Å². The molecule has 0 spiro atoms. The number of carboxylic acids is 7. The van der Waals surface area contributed by atoms with E-state index in [1.165, 1.54) is 0 Å². The number of hydrogen-bond donors (Lipinski definition) is 12. The minimum Gasteiger partial charge on any atom is -0.481 e. The highest BCUT2D eigenvalue weighted by molar-refractivity contribution is 7.80. The average Bonchev–Trinajstić information content (AvgIpc) is 3.26. The lowest BCUT2D eigenvalue weighted by Gasteiger charge is -2.37. The summed E-state index contributed by atoms with van der Waals surface area (Å²) in [4.78, 5) is 112. The summed E-state index contributed by atoms with van der Waals surface area (Å²) in [5.41, 5.74) is 1.52. The third kappa shape index (κ3) is 27.7. The van der Waals surface area contributed by atoms with Crippen LogP contribution >= 0.6 is 12.2 Å². The summed E-state index contributed by atoms with van der Waals surface area (Å²) in [7, 11) is 0. The molecule has 25 nitrogen and oxygen atoms in total. The molecule has 1 aliphatic heterocycles. The van der Waals surface area contributed by atoms with Crippen LogP contribution in [0.5, 0.6) is 0 Å². The maximum atomic E-state index is 12.3. The number of carbonyl (C=O) groups excluding carboxylic acids is 2. The largest absolute Gasteiger partial charge is 0.481 e. The Morgan fingerprint density at radius 1 is 0.543 bits per heavy atom. The minimum absolute atomic E-state index is 0.0223. The molecule has 0 radical (unpaired) electrons. The van der Waals surface area contributed by atoms with Crippen molar-refractivity contribution >= 4 is 76.7 Å². The van der Waals surface area contributed by atoms with E-state index in [1.807, 2.05) is 24.3 Å². The fraction of sp³-hybridized carbons (Fsp3) is 0.636. The summed E-state index contributed by atoms with van der Waals surface area (Å²) in [6.07, 6.45) is 4.70. The van der Waals surface area contributed by atoms with Crippen molar-refractivity contribution in [3.8, 4) is 0 Å². The molecule has 1 fully saturated rings. The Kier molecular flexibility index (Phi) is 28.5. The molecule has 392 valence electrons. The van der Waals surface area contributed by atoms with E-state index in [0.717, 1.165) is 31.2 Å². The molecule has 0 saturated carbocycles.